The van der Waals surface area contributed by atoms with Crippen molar-refractivity contribution in [2.45, 2.75) is 26.7 Å². The molecule has 104 valence electrons. The van der Waals surface area contributed by atoms with Crippen molar-refractivity contribution in [2.75, 3.05) is 19.8 Å². The molecule has 1 aromatic carbocycles. The molecule has 0 aliphatic carbocycles. The highest BCUT2D eigenvalue weighted by Gasteiger charge is 2.03. The molecule has 0 aliphatic rings. The summed E-state index contributed by atoms with van der Waals surface area (Å²) in [6.45, 7) is 9.37. The minimum Gasteiger partial charge on any atom is -0.375 e. The molecule has 1 N–H and O–H groups in total. The summed E-state index contributed by atoms with van der Waals surface area (Å²) in [7, 11) is 0. The summed E-state index contributed by atoms with van der Waals surface area (Å²) >= 11 is 0. The van der Waals surface area contributed by atoms with Crippen LogP contribution in [0.5, 0.6) is 0 Å². The number of carbonyl (C=O) groups excluding carboxylic acids is 1. The fourth-order valence-electron chi connectivity index (χ4n) is 1.74. The third-order valence-corrected chi connectivity index (χ3v) is 2.80. The number of nitrogens with one attached hydrogen (secondary N) is 1. The Hall–Kier alpha value is -1.61. The minimum absolute atomic E-state index is 0.0715. The Morgan fingerprint density at radius 2 is 2.11 bits per heavy atom. The molecular formula is C16H23NO2. The van der Waals surface area contributed by atoms with Gasteiger partial charge in [0.2, 0.25) is 5.91 Å². The lowest BCUT2D eigenvalue weighted by Crippen LogP contribution is -2.27. The van der Waals surface area contributed by atoms with Crippen LogP contribution in [0.3, 0.4) is 0 Å². The summed E-state index contributed by atoms with van der Waals surface area (Å²) in [4.78, 5) is 11.6. The van der Waals surface area contributed by atoms with Crippen molar-refractivity contribution in [3.05, 3.63) is 47.5 Å². The lowest BCUT2D eigenvalue weighted by atomic mass is 10.0. The Balaban J connectivity index is 2.15. The van der Waals surface area contributed by atoms with Crippen LogP contribution in [-0.2, 0) is 16.0 Å². The van der Waals surface area contributed by atoms with Crippen molar-refractivity contribution in [1.29, 1.82) is 0 Å². The van der Waals surface area contributed by atoms with Crippen LogP contribution in [-0.4, -0.2) is 25.7 Å². The first-order chi connectivity index (χ1) is 9.09. The van der Waals surface area contributed by atoms with E-state index in [1.165, 1.54) is 11.1 Å². The number of ether oxygens (including phenoxy) is 1. The molecule has 0 atom stereocenters. The maximum atomic E-state index is 11.6. The Morgan fingerprint density at radius 3 is 2.79 bits per heavy atom. The van der Waals surface area contributed by atoms with E-state index in [1.807, 2.05) is 19.1 Å². The minimum atomic E-state index is 0.0715. The molecule has 0 saturated carbocycles. The molecule has 0 spiro atoms. The second-order valence-electron chi connectivity index (χ2n) is 4.79. The number of rotatable bonds is 8. The highest BCUT2D eigenvalue weighted by molar-refractivity contribution is 5.76. The summed E-state index contributed by atoms with van der Waals surface area (Å²) in [5.41, 5.74) is 3.46. The maximum Gasteiger partial charge on any atom is 0.220 e. The zero-order valence-corrected chi connectivity index (χ0v) is 11.9. The predicted molar refractivity (Wildman–Crippen MR) is 78.1 cm³/mol. The van der Waals surface area contributed by atoms with E-state index in [0.29, 0.717) is 26.2 Å². The van der Waals surface area contributed by atoms with Crippen LogP contribution in [0, 0.1) is 6.92 Å². The molecular weight excluding hydrogens is 238 g/mol. The van der Waals surface area contributed by atoms with Gasteiger partial charge in [-0.2, -0.15) is 0 Å². The lowest BCUT2D eigenvalue weighted by Gasteiger charge is -2.07. The van der Waals surface area contributed by atoms with Gasteiger partial charge in [-0.1, -0.05) is 36.4 Å². The molecule has 1 rings (SSSR count). The molecule has 0 saturated heterocycles. The summed E-state index contributed by atoms with van der Waals surface area (Å²) in [6.07, 6.45) is 1.30. The van der Waals surface area contributed by atoms with E-state index in [2.05, 4.69) is 31.0 Å². The maximum absolute atomic E-state index is 11.6. The van der Waals surface area contributed by atoms with Gasteiger partial charge in [0, 0.05) is 13.0 Å². The standard InChI is InChI=1S/C16H23NO2/c1-13(2)12-19-11-10-17-16(18)9-8-15-7-5-4-6-14(15)3/h4-7H,1,8-12H2,2-3H3,(H,17,18). The molecule has 0 aromatic heterocycles. The molecule has 0 unspecified atom stereocenters. The topological polar surface area (TPSA) is 38.3 Å². The first kappa shape index (κ1) is 15.4. The molecule has 3 nitrogen and oxygen atoms in total. The number of hydrogen-bond donors (Lipinski definition) is 1. The normalized spacial score (nSPS) is 10.2. The van der Waals surface area contributed by atoms with Gasteiger partial charge >= 0.3 is 0 Å². The molecule has 0 aliphatic heterocycles. The largest absolute Gasteiger partial charge is 0.375 e. The predicted octanol–water partition coefficient (Wildman–Crippen LogP) is 2.64. The first-order valence-electron chi connectivity index (χ1n) is 6.63. The molecule has 1 amide bonds. The number of hydrogen-bond acceptors (Lipinski definition) is 2. The average molecular weight is 261 g/mol. The fraction of sp³-hybridized carbons (Fsp3) is 0.438. The van der Waals surface area contributed by atoms with E-state index in [1.54, 1.807) is 0 Å². The van der Waals surface area contributed by atoms with Gasteiger partial charge in [-0.05, 0) is 31.4 Å². The molecule has 0 heterocycles. The van der Waals surface area contributed by atoms with E-state index in [0.717, 1.165) is 12.0 Å². The monoisotopic (exact) mass is 261 g/mol. The molecule has 3 heteroatoms. The van der Waals surface area contributed by atoms with Crippen molar-refractivity contribution in [1.82, 2.24) is 5.32 Å². The summed E-state index contributed by atoms with van der Waals surface area (Å²) < 4.78 is 5.31. The quantitative estimate of drug-likeness (QED) is 0.577. The van der Waals surface area contributed by atoms with Crippen LogP contribution in [0.15, 0.2) is 36.4 Å². The zero-order valence-electron chi connectivity index (χ0n) is 11.9. The van der Waals surface area contributed by atoms with Gasteiger partial charge in [0.1, 0.15) is 0 Å². The van der Waals surface area contributed by atoms with Crippen LogP contribution in [0.4, 0.5) is 0 Å². The SMILES string of the molecule is C=C(C)COCCNC(=O)CCc1ccccc1C. The number of aryl methyl sites for hydroxylation is 2. The van der Waals surface area contributed by atoms with Gasteiger partial charge < -0.3 is 10.1 Å². The van der Waals surface area contributed by atoms with Gasteiger partial charge in [-0.3, -0.25) is 4.79 Å². The Labute approximate surface area is 115 Å². The zero-order chi connectivity index (χ0) is 14.1. The summed E-state index contributed by atoms with van der Waals surface area (Å²) in [5.74, 6) is 0.0715. The Kier molecular flexibility index (Phi) is 6.90. The van der Waals surface area contributed by atoms with Gasteiger partial charge in [0.25, 0.3) is 0 Å². The second kappa shape index (κ2) is 8.48. The van der Waals surface area contributed by atoms with Crippen LogP contribution in [0.25, 0.3) is 0 Å². The van der Waals surface area contributed by atoms with Crippen LogP contribution in [0.1, 0.15) is 24.5 Å². The van der Waals surface area contributed by atoms with E-state index >= 15 is 0 Å². The van der Waals surface area contributed by atoms with Crippen LogP contribution in [0.2, 0.25) is 0 Å². The number of amides is 1. The van der Waals surface area contributed by atoms with Crippen molar-refractivity contribution in [3.63, 3.8) is 0 Å². The van der Waals surface area contributed by atoms with E-state index in [-0.39, 0.29) is 5.91 Å². The second-order valence-corrected chi connectivity index (χ2v) is 4.79. The van der Waals surface area contributed by atoms with E-state index < -0.39 is 0 Å². The Bertz CT molecular complexity index is 427. The van der Waals surface area contributed by atoms with Crippen molar-refractivity contribution >= 4 is 5.91 Å². The summed E-state index contributed by atoms with van der Waals surface area (Å²) in [5, 5.41) is 2.85. The molecule has 0 bridgehead atoms. The lowest BCUT2D eigenvalue weighted by molar-refractivity contribution is -0.121. The molecule has 0 radical (unpaired) electrons. The average Bonchev–Trinajstić information content (AvgIpc) is 2.37. The number of carbonyl (C=O) groups is 1. The number of benzene rings is 1. The molecule has 19 heavy (non-hydrogen) atoms. The van der Waals surface area contributed by atoms with Gasteiger partial charge in [-0.15, -0.1) is 0 Å². The Morgan fingerprint density at radius 1 is 1.37 bits per heavy atom. The van der Waals surface area contributed by atoms with E-state index in [9.17, 15) is 4.79 Å². The summed E-state index contributed by atoms with van der Waals surface area (Å²) in [6, 6.07) is 8.15. The van der Waals surface area contributed by atoms with Gasteiger partial charge in [0.15, 0.2) is 0 Å². The van der Waals surface area contributed by atoms with Crippen molar-refractivity contribution < 1.29 is 9.53 Å². The third-order valence-electron chi connectivity index (χ3n) is 2.80. The smallest absolute Gasteiger partial charge is 0.220 e. The molecule has 1 aromatic rings. The third kappa shape index (κ3) is 6.77. The molecule has 0 fully saturated rings. The van der Waals surface area contributed by atoms with Crippen LogP contribution < -0.4 is 5.32 Å². The van der Waals surface area contributed by atoms with Crippen LogP contribution >= 0.6 is 0 Å². The first-order valence-corrected chi connectivity index (χ1v) is 6.63. The fourth-order valence-corrected chi connectivity index (χ4v) is 1.74. The van der Waals surface area contributed by atoms with Crippen molar-refractivity contribution in [3.8, 4) is 0 Å². The highest BCUT2D eigenvalue weighted by Crippen LogP contribution is 2.09. The van der Waals surface area contributed by atoms with Gasteiger partial charge in [0.05, 0.1) is 13.2 Å². The van der Waals surface area contributed by atoms with Crippen molar-refractivity contribution in [2.24, 2.45) is 0 Å². The highest BCUT2D eigenvalue weighted by atomic mass is 16.5. The van der Waals surface area contributed by atoms with Gasteiger partial charge in [-0.25, -0.2) is 0 Å². The van der Waals surface area contributed by atoms with E-state index in [4.69, 9.17) is 4.74 Å².